The average Bonchev–Trinajstić information content (AvgIpc) is 3.09. The molecule has 3 aromatic rings. The van der Waals surface area contributed by atoms with Gasteiger partial charge in [-0.05, 0) is 12.1 Å². The molecule has 1 amide bonds. The summed E-state index contributed by atoms with van der Waals surface area (Å²) in [5.41, 5.74) is 0.472. The number of amides is 1. The van der Waals surface area contributed by atoms with Crippen LogP contribution in [0.5, 0.6) is 0 Å². The standard InChI is InChI=1S/C17H12F3N3O2/c18-17(19,20)15-7-6-12(9-21-15)16(24)22-10-13-8-14(23-25-13)11-4-2-1-3-5-11/h1-9H,10H2,(H,22,24). The van der Waals surface area contributed by atoms with Crippen LogP contribution in [0.25, 0.3) is 11.3 Å². The van der Waals surface area contributed by atoms with Gasteiger partial charge in [0.15, 0.2) is 5.76 Å². The Bertz CT molecular complexity index is 859. The van der Waals surface area contributed by atoms with Gasteiger partial charge in [-0.15, -0.1) is 0 Å². The van der Waals surface area contributed by atoms with Crippen molar-refractivity contribution in [3.05, 3.63) is 71.7 Å². The van der Waals surface area contributed by atoms with Crippen molar-refractivity contribution in [2.24, 2.45) is 0 Å². The van der Waals surface area contributed by atoms with Crippen LogP contribution in [-0.4, -0.2) is 16.0 Å². The Morgan fingerprint density at radius 1 is 1.12 bits per heavy atom. The maximum Gasteiger partial charge on any atom is 0.433 e. The zero-order chi connectivity index (χ0) is 17.9. The van der Waals surface area contributed by atoms with Crippen molar-refractivity contribution in [1.29, 1.82) is 0 Å². The first kappa shape index (κ1) is 16.7. The van der Waals surface area contributed by atoms with Crippen molar-refractivity contribution in [3.8, 4) is 11.3 Å². The largest absolute Gasteiger partial charge is 0.433 e. The number of pyridine rings is 1. The molecule has 128 valence electrons. The van der Waals surface area contributed by atoms with Gasteiger partial charge in [0, 0.05) is 17.8 Å². The molecular formula is C17H12F3N3O2. The molecule has 0 aliphatic heterocycles. The number of hydrogen-bond acceptors (Lipinski definition) is 4. The van der Waals surface area contributed by atoms with Crippen LogP contribution in [0.1, 0.15) is 21.8 Å². The van der Waals surface area contributed by atoms with Crippen LogP contribution < -0.4 is 5.32 Å². The first-order valence-electron chi connectivity index (χ1n) is 7.26. The molecule has 2 heterocycles. The van der Waals surface area contributed by atoms with Gasteiger partial charge >= 0.3 is 6.18 Å². The van der Waals surface area contributed by atoms with Gasteiger partial charge in [-0.3, -0.25) is 9.78 Å². The molecule has 3 rings (SSSR count). The molecule has 0 radical (unpaired) electrons. The fourth-order valence-corrected chi connectivity index (χ4v) is 2.11. The number of carbonyl (C=O) groups excluding carboxylic acids is 1. The SMILES string of the molecule is O=C(NCc1cc(-c2ccccc2)no1)c1ccc(C(F)(F)F)nc1. The molecule has 25 heavy (non-hydrogen) atoms. The van der Waals surface area contributed by atoms with Gasteiger partial charge in [-0.25, -0.2) is 0 Å². The summed E-state index contributed by atoms with van der Waals surface area (Å²) in [6.07, 6.45) is -3.66. The molecule has 0 aliphatic rings. The Morgan fingerprint density at radius 3 is 2.52 bits per heavy atom. The van der Waals surface area contributed by atoms with E-state index in [2.05, 4.69) is 15.5 Å². The summed E-state index contributed by atoms with van der Waals surface area (Å²) >= 11 is 0. The summed E-state index contributed by atoms with van der Waals surface area (Å²) in [6, 6.07) is 12.9. The van der Waals surface area contributed by atoms with Crippen LogP contribution in [0.15, 0.2) is 59.3 Å². The third-order valence-electron chi connectivity index (χ3n) is 3.37. The van der Waals surface area contributed by atoms with Crippen molar-refractivity contribution < 1.29 is 22.5 Å². The molecular weight excluding hydrogens is 335 g/mol. The van der Waals surface area contributed by atoms with Crippen LogP contribution >= 0.6 is 0 Å². The molecule has 0 unspecified atom stereocenters. The predicted molar refractivity (Wildman–Crippen MR) is 82.3 cm³/mol. The number of aromatic nitrogens is 2. The van der Waals surface area contributed by atoms with Gasteiger partial charge < -0.3 is 9.84 Å². The van der Waals surface area contributed by atoms with Gasteiger partial charge in [-0.1, -0.05) is 35.5 Å². The van der Waals surface area contributed by atoms with Crippen LogP contribution in [0.3, 0.4) is 0 Å². The molecule has 1 N–H and O–H groups in total. The molecule has 5 nitrogen and oxygen atoms in total. The summed E-state index contributed by atoms with van der Waals surface area (Å²) in [5, 5.41) is 6.46. The number of benzene rings is 1. The van der Waals surface area contributed by atoms with Crippen molar-refractivity contribution >= 4 is 5.91 Å². The van der Waals surface area contributed by atoms with Gasteiger partial charge in [0.25, 0.3) is 5.91 Å². The first-order chi connectivity index (χ1) is 11.9. The highest BCUT2D eigenvalue weighted by Gasteiger charge is 2.32. The smallest absolute Gasteiger partial charge is 0.359 e. The first-order valence-corrected chi connectivity index (χ1v) is 7.26. The quantitative estimate of drug-likeness (QED) is 0.782. The van der Waals surface area contributed by atoms with Crippen molar-refractivity contribution in [1.82, 2.24) is 15.5 Å². The number of halogens is 3. The number of hydrogen-bond donors (Lipinski definition) is 1. The Hall–Kier alpha value is -3.16. The average molecular weight is 347 g/mol. The van der Waals surface area contributed by atoms with Crippen molar-refractivity contribution in [3.63, 3.8) is 0 Å². The number of nitrogens with zero attached hydrogens (tertiary/aromatic N) is 2. The lowest BCUT2D eigenvalue weighted by atomic mass is 10.1. The number of nitrogens with one attached hydrogen (secondary N) is 1. The molecule has 0 fully saturated rings. The molecule has 0 aliphatic carbocycles. The van der Waals surface area contributed by atoms with E-state index in [9.17, 15) is 18.0 Å². The zero-order valence-electron chi connectivity index (χ0n) is 12.7. The second-order valence-electron chi connectivity index (χ2n) is 5.16. The molecule has 8 heteroatoms. The summed E-state index contributed by atoms with van der Waals surface area (Å²) in [6.45, 7) is 0.0552. The zero-order valence-corrected chi connectivity index (χ0v) is 12.7. The minimum Gasteiger partial charge on any atom is -0.359 e. The number of rotatable bonds is 4. The Labute approximate surface area is 140 Å². The van der Waals surface area contributed by atoms with Crippen LogP contribution in [0.4, 0.5) is 13.2 Å². The maximum atomic E-state index is 12.4. The third-order valence-corrected chi connectivity index (χ3v) is 3.37. The minimum absolute atomic E-state index is 0.0239. The highest BCUT2D eigenvalue weighted by Crippen LogP contribution is 2.27. The predicted octanol–water partition coefficient (Wildman–Crippen LogP) is 3.69. The molecule has 0 bridgehead atoms. The van der Waals surface area contributed by atoms with Gasteiger partial charge in [-0.2, -0.15) is 13.2 Å². The topological polar surface area (TPSA) is 68.0 Å². The fraction of sp³-hybridized carbons (Fsp3) is 0.118. The van der Waals surface area contributed by atoms with Crippen molar-refractivity contribution in [2.75, 3.05) is 0 Å². The molecule has 0 saturated carbocycles. The Kier molecular flexibility index (Phi) is 4.51. The molecule has 0 saturated heterocycles. The van der Waals surface area contributed by atoms with E-state index in [0.29, 0.717) is 11.5 Å². The highest BCUT2D eigenvalue weighted by atomic mass is 19.4. The van der Waals surface area contributed by atoms with E-state index in [1.54, 1.807) is 6.07 Å². The van der Waals surface area contributed by atoms with E-state index >= 15 is 0 Å². The van der Waals surface area contributed by atoms with Crippen LogP contribution in [0, 0.1) is 0 Å². The van der Waals surface area contributed by atoms with E-state index in [1.807, 2.05) is 30.3 Å². The van der Waals surface area contributed by atoms with Gasteiger partial charge in [0.05, 0.1) is 12.1 Å². The van der Waals surface area contributed by atoms with Crippen LogP contribution in [0.2, 0.25) is 0 Å². The van der Waals surface area contributed by atoms with Gasteiger partial charge in [0.1, 0.15) is 11.4 Å². The fourth-order valence-electron chi connectivity index (χ4n) is 2.11. The van der Waals surface area contributed by atoms with E-state index in [4.69, 9.17) is 4.52 Å². The number of alkyl halides is 3. The summed E-state index contributed by atoms with van der Waals surface area (Å²) in [4.78, 5) is 15.2. The van der Waals surface area contributed by atoms with Gasteiger partial charge in [0.2, 0.25) is 0 Å². The Morgan fingerprint density at radius 2 is 1.88 bits per heavy atom. The lowest BCUT2D eigenvalue weighted by Crippen LogP contribution is -2.23. The summed E-state index contributed by atoms with van der Waals surface area (Å²) in [5.74, 6) is -0.133. The summed E-state index contributed by atoms with van der Waals surface area (Å²) < 4.78 is 42.5. The molecule has 2 aromatic heterocycles. The summed E-state index contributed by atoms with van der Waals surface area (Å²) in [7, 11) is 0. The van der Waals surface area contributed by atoms with E-state index in [0.717, 1.165) is 23.9 Å². The molecule has 0 atom stereocenters. The van der Waals surface area contributed by atoms with Crippen molar-refractivity contribution in [2.45, 2.75) is 12.7 Å². The maximum absolute atomic E-state index is 12.4. The molecule has 0 spiro atoms. The van der Waals surface area contributed by atoms with E-state index < -0.39 is 17.8 Å². The van der Waals surface area contributed by atoms with E-state index in [1.165, 1.54) is 0 Å². The normalized spacial score (nSPS) is 11.3. The lowest BCUT2D eigenvalue weighted by molar-refractivity contribution is -0.141. The monoisotopic (exact) mass is 347 g/mol. The highest BCUT2D eigenvalue weighted by molar-refractivity contribution is 5.93. The molecule has 1 aromatic carbocycles. The Balaban J connectivity index is 1.62. The second-order valence-corrected chi connectivity index (χ2v) is 5.16. The van der Waals surface area contributed by atoms with E-state index in [-0.39, 0.29) is 12.1 Å². The minimum atomic E-state index is -4.54. The van der Waals surface area contributed by atoms with Crippen LogP contribution in [-0.2, 0) is 12.7 Å². The second kappa shape index (κ2) is 6.76. The lowest BCUT2D eigenvalue weighted by Gasteiger charge is -2.06. The number of carbonyl (C=O) groups is 1. The third kappa shape index (κ3) is 4.03.